The normalized spacial score (nSPS) is 9.89. The monoisotopic (exact) mass is 317 g/mol. The van der Waals surface area contributed by atoms with E-state index in [4.69, 9.17) is 11.0 Å². The number of phenolic OH excluding ortho intramolecular Hbond substituents is 1. The first-order chi connectivity index (χ1) is 9.10. The molecule has 0 saturated heterocycles. The average molecular weight is 318 g/mol. The fraction of sp³-hybridized carbons (Fsp3) is 0.0714. The standard InChI is InChI=1S/C14H12BrN3O/c15-13-6-12(3-1-9(13)7-16)18-8-10-5-11(17)2-4-14(10)19/h1-6,18-19H,8,17H2. The number of aromatic hydroxyl groups is 1. The van der Waals surface area contributed by atoms with Crippen LogP contribution < -0.4 is 11.1 Å². The lowest BCUT2D eigenvalue weighted by Gasteiger charge is -2.09. The predicted molar refractivity (Wildman–Crippen MR) is 78.7 cm³/mol. The molecule has 0 amide bonds. The number of nitrogens with zero attached hydrogens (tertiary/aromatic N) is 1. The summed E-state index contributed by atoms with van der Waals surface area (Å²) in [6, 6.07) is 12.4. The summed E-state index contributed by atoms with van der Waals surface area (Å²) >= 11 is 3.33. The molecule has 0 unspecified atom stereocenters. The molecule has 0 aliphatic heterocycles. The van der Waals surface area contributed by atoms with Gasteiger partial charge in [-0.1, -0.05) is 0 Å². The summed E-state index contributed by atoms with van der Waals surface area (Å²) in [4.78, 5) is 0. The molecule has 0 fully saturated rings. The summed E-state index contributed by atoms with van der Waals surface area (Å²) in [6.45, 7) is 0.454. The van der Waals surface area contributed by atoms with Crippen molar-refractivity contribution in [3.63, 3.8) is 0 Å². The maximum Gasteiger partial charge on any atom is 0.120 e. The Balaban J connectivity index is 2.13. The van der Waals surface area contributed by atoms with E-state index in [1.165, 1.54) is 0 Å². The van der Waals surface area contributed by atoms with Gasteiger partial charge < -0.3 is 16.2 Å². The van der Waals surface area contributed by atoms with Crippen LogP contribution in [0.15, 0.2) is 40.9 Å². The van der Waals surface area contributed by atoms with E-state index in [0.717, 1.165) is 15.7 Å². The van der Waals surface area contributed by atoms with Crippen LogP contribution in [-0.2, 0) is 6.54 Å². The van der Waals surface area contributed by atoms with Gasteiger partial charge in [-0.05, 0) is 52.3 Å². The summed E-state index contributed by atoms with van der Waals surface area (Å²) in [5.74, 6) is 0.203. The number of nitrogens with one attached hydrogen (secondary N) is 1. The van der Waals surface area contributed by atoms with Gasteiger partial charge in [0.05, 0.1) is 5.56 Å². The Kier molecular flexibility index (Phi) is 3.93. The van der Waals surface area contributed by atoms with Gasteiger partial charge in [-0.2, -0.15) is 5.26 Å². The summed E-state index contributed by atoms with van der Waals surface area (Å²) in [7, 11) is 0. The topological polar surface area (TPSA) is 82.1 Å². The summed E-state index contributed by atoms with van der Waals surface area (Å²) in [5, 5.41) is 21.7. The number of rotatable bonds is 3. The molecule has 0 aliphatic carbocycles. The van der Waals surface area contributed by atoms with Crippen molar-refractivity contribution in [3.05, 3.63) is 52.0 Å². The Hall–Kier alpha value is -2.19. The van der Waals surface area contributed by atoms with Crippen LogP contribution in [0.25, 0.3) is 0 Å². The molecule has 0 aromatic heterocycles. The molecule has 2 aromatic carbocycles. The minimum atomic E-state index is 0.203. The minimum Gasteiger partial charge on any atom is -0.508 e. The molecule has 4 nitrogen and oxygen atoms in total. The van der Waals surface area contributed by atoms with Crippen LogP contribution in [0.2, 0.25) is 0 Å². The summed E-state index contributed by atoms with van der Waals surface area (Å²) in [6.07, 6.45) is 0. The number of nitrogens with two attached hydrogens (primary N) is 1. The van der Waals surface area contributed by atoms with E-state index in [-0.39, 0.29) is 5.75 Å². The number of hydrogen-bond acceptors (Lipinski definition) is 4. The summed E-state index contributed by atoms with van der Waals surface area (Å²) < 4.78 is 0.733. The van der Waals surface area contributed by atoms with E-state index < -0.39 is 0 Å². The fourth-order valence-corrected chi connectivity index (χ4v) is 2.13. The number of phenols is 1. The smallest absolute Gasteiger partial charge is 0.120 e. The Bertz CT molecular complexity index is 650. The van der Waals surface area contributed by atoms with Gasteiger partial charge in [0.1, 0.15) is 11.8 Å². The Morgan fingerprint density at radius 2 is 2.05 bits per heavy atom. The molecular weight excluding hydrogens is 306 g/mol. The predicted octanol–water partition coefficient (Wildman–Crippen LogP) is 3.22. The van der Waals surface area contributed by atoms with Gasteiger partial charge >= 0.3 is 0 Å². The molecule has 0 heterocycles. The largest absolute Gasteiger partial charge is 0.508 e. The Labute approximate surface area is 119 Å². The van der Waals surface area contributed by atoms with Gasteiger partial charge in [-0.25, -0.2) is 0 Å². The highest BCUT2D eigenvalue weighted by atomic mass is 79.9. The molecule has 0 saturated carbocycles. The first-order valence-corrected chi connectivity index (χ1v) is 6.40. The highest BCUT2D eigenvalue weighted by Crippen LogP contribution is 2.24. The number of nitrogen functional groups attached to an aromatic ring is 1. The Morgan fingerprint density at radius 1 is 1.26 bits per heavy atom. The average Bonchev–Trinajstić information content (AvgIpc) is 2.40. The molecule has 0 spiro atoms. The van der Waals surface area contributed by atoms with Crippen molar-refractivity contribution in [2.24, 2.45) is 0 Å². The molecule has 4 N–H and O–H groups in total. The molecular formula is C14H12BrN3O. The van der Waals surface area contributed by atoms with Crippen LogP contribution in [0.1, 0.15) is 11.1 Å². The van der Waals surface area contributed by atoms with Crippen molar-refractivity contribution in [1.82, 2.24) is 0 Å². The second-order valence-corrected chi connectivity index (χ2v) is 4.90. The SMILES string of the molecule is N#Cc1ccc(NCc2cc(N)ccc2O)cc1Br. The van der Waals surface area contributed by atoms with Gasteiger partial charge in [0, 0.05) is 28.0 Å². The van der Waals surface area contributed by atoms with E-state index in [9.17, 15) is 5.11 Å². The van der Waals surface area contributed by atoms with Crippen LogP contribution in [0, 0.1) is 11.3 Å². The first-order valence-electron chi connectivity index (χ1n) is 5.61. The zero-order valence-electron chi connectivity index (χ0n) is 10.0. The van der Waals surface area contributed by atoms with Gasteiger partial charge in [-0.15, -0.1) is 0 Å². The van der Waals surface area contributed by atoms with Crippen molar-refractivity contribution in [3.8, 4) is 11.8 Å². The maximum absolute atomic E-state index is 9.70. The van der Waals surface area contributed by atoms with Gasteiger partial charge in [0.15, 0.2) is 0 Å². The number of nitriles is 1. The second kappa shape index (κ2) is 5.63. The van der Waals surface area contributed by atoms with E-state index in [0.29, 0.717) is 17.8 Å². The van der Waals surface area contributed by atoms with Crippen LogP contribution in [0.5, 0.6) is 5.75 Å². The second-order valence-electron chi connectivity index (χ2n) is 4.05. The van der Waals surface area contributed by atoms with Gasteiger partial charge in [-0.3, -0.25) is 0 Å². The third kappa shape index (κ3) is 3.18. The lowest BCUT2D eigenvalue weighted by Crippen LogP contribution is -2.01. The highest BCUT2D eigenvalue weighted by Gasteiger charge is 2.03. The number of hydrogen-bond donors (Lipinski definition) is 3. The minimum absolute atomic E-state index is 0.203. The zero-order chi connectivity index (χ0) is 13.8. The molecule has 0 aliphatic rings. The van der Waals surface area contributed by atoms with Crippen molar-refractivity contribution < 1.29 is 5.11 Å². The van der Waals surface area contributed by atoms with E-state index in [1.54, 1.807) is 24.3 Å². The molecule has 0 bridgehead atoms. The van der Waals surface area contributed by atoms with E-state index in [2.05, 4.69) is 27.3 Å². The van der Waals surface area contributed by atoms with Crippen LogP contribution in [0.3, 0.4) is 0 Å². The van der Waals surface area contributed by atoms with E-state index in [1.807, 2.05) is 12.1 Å². The molecule has 2 aromatic rings. The Morgan fingerprint density at radius 3 is 2.74 bits per heavy atom. The first kappa shape index (κ1) is 13.2. The fourth-order valence-electron chi connectivity index (χ4n) is 1.66. The van der Waals surface area contributed by atoms with E-state index >= 15 is 0 Å². The summed E-state index contributed by atoms with van der Waals surface area (Å²) in [5.41, 5.74) is 8.44. The van der Waals surface area contributed by atoms with Crippen LogP contribution >= 0.6 is 15.9 Å². The maximum atomic E-state index is 9.70. The zero-order valence-corrected chi connectivity index (χ0v) is 11.6. The molecule has 19 heavy (non-hydrogen) atoms. The number of halogens is 1. The van der Waals surface area contributed by atoms with Crippen LogP contribution in [-0.4, -0.2) is 5.11 Å². The molecule has 5 heteroatoms. The third-order valence-corrected chi connectivity index (χ3v) is 3.33. The van der Waals surface area contributed by atoms with Crippen molar-refractivity contribution in [2.45, 2.75) is 6.54 Å². The molecule has 2 rings (SSSR count). The number of anilines is 2. The quantitative estimate of drug-likeness (QED) is 0.599. The van der Waals surface area contributed by atoms with Gasteiger partial charge in [0.2, 0.25) is 0 Å². The third-order valence-electron chi connectivity index (χ3n) is 2.68. The highest BCUT2D eigenvalue weighted by molar-refractivity contribution is 9.10. The van der Waals surface area contributed by atoms with Crippen LogP contribution in [0.4, 0.5) is 11.4 Å². The lowest BCUT2D eigenvalue weighted by atomic mass is 10.1. The van der Waals surface area contributed by atoms with Gasteiger partial charge in [0.25, 0.3) is 0 Å². The van der Waals surface area contributed by atoms with Crippen molar-refractivity contribution in [2.75, 3.05) is 11.1 Å². The molecule has 0 atom stereocenters. The number of benzene rings is 2. The van der Waals surface area contributed by atoms with Crippen molar-refractivity contribution >= 4 is 27.3 Å². The lowest BCUT2D eigenvalue weighted by molar-refractivity contribution is 0.469. The van der Waals surface area contributed by atoms with Crippen molar-refractivity contribution in [1.29, 1.82) is 5.26 Å². The molecule has 0 radical (unpaired) electrons. The molecule has 96 valence electrons.